The number of rotatable bonds is 8. The van der Waals surface area contributed by atoms with Crippen molar-refractivity contribution in [3.05, 3.63) is 52.9 Å². The van der Waals surface area contributed by atoms with E-state index in [0.717, 1.165) is 0 Å². The number of phenols is 1. The Morgan fingerprint density at radius 2 is 1.73 bits per heavy atom. The first-order valence-corrected chi connectivity index (χ1v) is 12.6. The van der Waals surface area contributed by atoms with Gasteiger partial charge in [0.2, 0.25) is 11.7 Å². The minimum Gasteiger partial charge on any atom is -0.507 e. The summed E-state index contributed by atoms with van der Waals surface area (Å²) in [7, 11) is 1.42. The molecular formula is C27H30O14. The van der Waals surface area contributed by atoms with Crippen molar-refractivity contribution < 1.29 is 63.8 Å². The Bertz CT molecular complexity index is 1420. The maximum atomic E-state index is 13.1. The van der Waals surface area contributed by atoms with E-state index in [-0.39, 0.29) is 34.6 Å². The molecule has 0 amide bonds. The van der Waals surface area contributed by atoms with E-state index in [1.54, 1.807) is 0 Å². The number of methoxy groups -OCH3 is 1. The van der Waals surface area contributed by atoms with Crippen LogP contribution in [0.2, 0.25) is 0 Å². The molecule has 7 N–H and O–H groups in total. The SMILES string of the molecule is COc1cc(O)c2c(=O)c(-c3ccc(O[C@@H]4O[C@H](CO[C@H]5OC[C@](O)(CO)[C@H]5O)[C@@H](O)[C@H](O)[C@H]4O)cc3)coc2c1. The van der Waals surface area contributed by atoms with Crippen LogP contribution in [0.4, 0.5) is 0 Å². The van der Waals surface area contributed by atoms with Crippen molar-refractivity contribution in [3.63, 3.8) is 0 Å². The van der Waals surface area contributed by atoms with Crippen molar-refractivity contribution in [1.29, 1.82) is 0 Å². The van der Waals surface area contributed by atoms with Gasteiger partial charge in [-0.25, -0.2) is 0 Å². The summed E-state index contributed by atoms with van der Waals surface area (Å²) in [4.78, 5) is 13.1. The Hall–Kier alpha value is -3.31. The third-order valence-corrected chi connectivity index (χ3v) is 7.16. The Kier molecular flexibility index (Phi) is 8.20. The summed E-state index contributed by atoms with van der Waals surface area (Å²) in [5.41, 5.74) is -1.63. The van der Waals surface area contributed by atoms with Gasteiger partial charge in [0.25, 0.3) is 0 Å². The highest BCUT2D eigenvalue weighted by Crippen LogP contribution is 2.32. The number of phenolic OH excluding ortho intramolecular Hbond substituents is 1. The molecule has 0 spiro atoms. The van der Waals surface area contributed by atoms with Gasteiger partial charge in [0, 0.05) is 12.1 Å². The highest BCUT2D eigenvalue weighted by Gasteiger charge is 2.50. The number of aliphatic hydroxyl groups excluding tert-OH is 5. The fourth-order valence-electron chi connectivity index (χ4n) is 4.65. The molecule has 2 aromatic carbocycles. The summed E-state index contributed by atoms with van der Waals surface area (Å²) in [5, 5.41) is 70.9. The van der Waals surface area contributed by atoms with Gasteiger partial charge >= 0.3 is 0 Å². The predicted molar refractivity (Wildman–Crippen MR) is 137 cm³/mol. The first kappa shape index (κ1) is 29.2. The van der Waals surface area contributed by atoms with Crippen LogP contribution in [-0.4, -0.2) is 111 Å². The van der Waals surface area contributed by atoms with Crippen molar-refractivity contribution in [1.82, 2.24) is 0 Å². The summed E-state index contributed by atoms with van der Waals surface area (Å²) in [6, 6.07) is 8.81. The van der Waals surface area contributed by atoms with Crippen LogP contribution in [0, 0.1) is 0 Å². The van der Waals surface area contributed by atoms with Crippen LogP contribution in [0.15, 0.2) is 51.9 Å². The van der Waals surface area contributed by atoms with Crippen LogP contribution >= 0.6 is 0 Å². The lowest BCUT2D eigenvalue weighted by Crippen LogP contribution is -2.60. The Morgan fingerprint density at radius 3 is 2.39 bits per heavy atom. The summed E-state index contributed by atoms with van der Waals surface area (Å²) < 4.78 is 32.5. The quantitative estimate of drug-likeness (QED) is 0.167. The molecule has 0 bridgehead atoms. The number of fused-ring (bicyclic) bond motifs is 1. The molecule has 14 nitrogen and oxygen atoms in total. The molecule has 2 saturated heterocycles. The molecule has 41 heavy (non-hydrogen) atoms. The molecule has 5 rings (SSSR count). The van der Waals surface area contributed by atoms with Crippen LogP contribution in [-0.2, 0) is 14.2 Å². The van der Waals surface area contributed by atoms with Gasteiger partial charge in [-0.1, -0.05) is 12.1 Å². The first-order valence-electron chi connectivity index (χ1n) is 12.6. The zero-order valence-electron chi connectivity index (χ0n) is 21.7. The maximum Gasteiger partial charge on any atom is 0.229 e. The molecule has 14 heteroatoms. The van der Waals surface area contributed by atoms with Crippen LogP contribution in [0.25, 0.3) is 22.1 Å². The second-order valence-corrected chi connectivity index (χ2v) is 9.87. The van der Waals surface area contributed by atoms with Crippen molar-refractivity contribution >= 4 is 11.0 Å². The van der Waals surface area contributed by atoms with E-state index in [4.69, 9.17) is 28.1 Å². The fourth-order valence-corrected chi connectivity index (χ4v) is 4.65. The van der Waals surface area contributed by atoms with E-state index in [2.05, 4.69) is 0 Å². The summed E-state index contributed by atoms with van der Waals surface area (Å²) in [6.45, 7) is -1.58. The monoisotopic (exact) mass is 578 g/mol. The van der Waals surface area contributed by atoms with Crippen LogP contribution < -0.4 is 14.9 Å². The Labute approximate surface area is 232 Å². The van der Waals surface area contributed by atoms with Crippen molar-refractivity contribution in [2.75, 3.05) is 26.9 Å². The van der Waals surface area contributed by atoms with E-state index >= 15 is 0 Å². The second-order valence-electron chi connectivity index (χ2n) is 9.87. The smallest absolute Gasteiger partial charge is 0.229 e. The summed E-state index contributed by atoms with van der Waals surface area (Å²) in [5.74, 6) is 0.210. The normalized spacial score (nSPS) is 31.8. The molecule has 2 fully saturated rings. The molecule has 222 valence electrons. The molecular weight excluding hydrogens is 548 g/mol. The largest absolute Gasteiger partial charge is 0.507 e. The van der Waals surface area contributed by atoms with Gasteiger partial charge in [-0.15, -0.1) is 0 Å². The topological polar surface area (TPSA) is 218 Å². The third kappa shape index (κ3) is 5.49. The van der Waals surface area contributed by atoms with Crippen LogP contribution in [0.1, 0.15) is 0 Å². The molecule has 0 radical (unpaired) electrons. The molecule has 3 aromatic rings. The number of aliphatic hydroxyl groups is 6. The lowest BCUT2D eigenvalue weighted by Gasteiger charge is -2.40. The highest BCUT2D eigenvalue weighted by molar-refractivity contribution is 5.88. The van der Waals surface area contributed by atoms with Gasteiger partial charge in [0.15, 0.2) is 6.29 Å². The Balaban J connectivity index is 1.28. The summed E-state index contributed by atoms with van der Waals surface area (Å²) >= 11 is 0. The molecule has 0 unspecified atom stereocenters. The lowest BCUT2D eigenvalue weighted by atomic mass is 9.99. The molecule has 8 atom stereocenters. The van der Waals surface area contributed by atoms with E-state index in [1.807, 2.05) is 0 Å². The first-order chi connectivity index (χ1) is 19.6. The van der Waals surface area contributed by atoms with Crippen molar-refractivity contribution in [3.8, 4) is 28.4 Å². The zero-order valence-corrected chi connectivity index (χ0v) is 21.7. The molecule has 1 aromatic heterocycles. The molecule has 0 saturated carbocycles. The van der Waals surface area contributed by atoms with Crippen LogP contribution in [0.5, 0.6) is 17.2 Å². The third-order valence-electron chi connectivity index (χ3n) is 7.16. The number of hydrogen-bond donors (Lipinski definition) is 7. The zero-order chi connectivity index (χ0) is 29.5. The number of hydrogen-bond acceptors (Lipinski definition) is 14. The van der Waals surface area contributed by atoms with E-state index in [1.165, 1.54) is 49.8 Å². The van der Waals surface area contributed by atoms with Gasteiger partial charge in [0.1, 0.15) is 70.6 Å². The molecule has 0 aliphatic carbocycles. The standard InChI is InChI=1S/C27H30O14/c1-36-14-6-16(29)19-17(7-14)37-8-15(20(19)30)12-2-4-13(5-3-12)40-25-23(33)22(32)21(31)18(41-25)9-38-26-24(34)27(35,10-28)11-39-26/h2-8,18,21-26,28-29,31-35H,9-11H2,1H3/t18-,21-,22+,23-,24+,25-,26+,27-/m1/s1. The van der Waals surface area contributed by atoms with Gasteiger partial charge in [0.05, 0.1) is 32.5 Å². The van der Waals surface area contributed by atoms with Crippen molar-refractivity contribution in [2.45, 2.75) is 48.7 Å². The Morgan fingerprint density at radius 1 is 1.00 bits per heavy atom. The highest BCUT2D eigenvalue weighted by atomic mass is 16.7. The van der Waals surface area contributed by atoms with Gasteiger partial charge in [-0.2, -0.15) is 0 Å². The molecule has 2 aliphatic rings. The lowest BCUT2D eigenvalue weighted by molar-refractivity contribution is -0.289. The minimum absolute atomic E-state index is 0.0141. The van der Waals surface area contributed by atoms with Gasteiger partial charge < -0.3 is 63.8 Å². The number of ether oxygens (including phenoxy) is 5. The molecule has 2 aliphatic heterocycles. The van der Waals surface area contributed by atoms with E-state index in [0.29, 0.717) is 11.3 Å². The minimum atomic E-state index is -1.91. The number of aromatic hydroxyl groups is 1. The number of benzene rings is 2. The predicted octanol–water partition coefficient (Wildman–Crippen LogP) is -1.18. The summed E-state index contributed by atoms with van der Waals surface area (Å²) in [6.07, 6.45) is -9.27. The fraction of sp³-hybridized carbons (Fsp3) is 0.444. The second kappa shape index (κ2) is 11.5. The van der Waals surface area contributed by atoms with Crippen molar-refractivity contribution in [2.24, 2.45) is 0 Å². The average Bonchev–Trinajstić information content (AvgIpc) is 3.26. The van der Waals surface area contributed by atoms with E-state index < -0.39 is 67.3 Å². The van der Waals surface area contributed by atoms with Crippen LogP contribution in [0.3, 0.4) is 0 Å². The average molecular weight is 579 g/mol. The van der Waals surface area contributed by atoms with E-state index in [9.17, 15) is 40.5 Å². The van der Waals surface area contributed by atoms with Gasteiger partial charge in [-0.05, 0) is 17.7 Å². The maximum absolute atomic E-state index is 13.1. The van der Waals surface area contributed by atoms with Gasteiger partial charge in [-0.3, -0.25) is 4.79 Å². The molecule has 3 heterocycles.